The predicted molar refractivity (Wildman–Crippen MR) is 115 cm³/mol. The molecule has 3 aromatic heterocycles. The lowest BCUT2D eigenvalue weighted by Crippen LogP contribution is -2.29. The van der Waals surface area contributed by atoms with E-state index in [-0.39, 0.29) is 17.9 Å². The minimum Gasteiger partial charge on any atom is -0.507 e. The number of aliphatic hydroxyl groups is 1. The molecule has 0 radical (unpaired) electrons. The quantitative estimate of drug-likeness (QED) is 0.304. The Labute approximate surface area is 177 Å². The van der Waals surface area contributed by atoms with E-state index < -0.39 is 17.7 Å². The highest BCUT2D eigenvalue weighted by Crippen LogP contribution is 2.40. The van der Waals surface area contributed by atoms with Crippen LogP contribution in [0.3, 0.4) is 0 Å². The summed E-state index contributed by atoms with van der Waals surface area (Å²) in [5.74, 6) is -1.60. The Bertz CT molecular complexity index is 1310. The molecular formula is C24H18N4O3. The van der Waals surface area contributed by atoms with E-state index in [4.69, 9.17) is 0 Å². The summed E-state index contributed by atoms with van der Waals surface area (Å²) < 4.78 is 0. The normalized spacial score (nSPS) is 18.1. The lowest BCUT2D eigenvalue weighted by atomic mass is 9.95. The van der Waals surface area contributed by atoms with Gasteiger partial charge in [0, 0.05) is 41.3 Å². The number of hydrogen-bond donors (Lipinski definition) is 2. The molecule has 0 bridgehead atoms. The number of rotatable bonds is 4. The monoisotopic (exact) mass is 410 g/mol. The number of carbonyl (C=O) groups is 2. The number of carbonyl (C=O) groups excluding carboxylic acids is 2. The molecule has 0 aliphatic carbocycles. The molecule has 1 aliphatic heterocycles. The smallest absolute Gasteiger partial charge is 0.296 e. The lowest BCUT2D eigenvalue weighted by molar-refractivity contribution is -0.140. The number of H-pyrrole nitrogens is 1. The second kappa shape index (κ2) is 7.53. The van der Waals surface area contributed by atoms with Crippen molar-refractivity contribution in [3.63, 3.8) is 0 Å². The average Bonchev–Trinajstić information content (AvgIpc) is 3.35. The molecule has 7 nitrogen and oxygen atoms in total. The van der Waals surface area contributed by atoms with Gasteiger partial charge in [0.1, 0.15) is 5.76 Å². The van der Waals surface area contributed by atoms with Crippen LogP contribution in [0, 0.1) is 0 Å². The van der Waals surface area contributed by atoms with E-state index >= 15 is 0 Å². The van der Waals surface area contributed by atoms with Gasteiger partial charge in [0.25, 0.3) is 11.7 Å². The number of likely N-dealkylation sites (tertiary alicyclic amines) is 1. The minimum absolute atomic E-state index is 0.0527. The van der Waals surface area contributed by atoms with Crippen LogP contribution in [-0.2, 0) is 16.1 Å². The van der Waals surface area contributed by atoms with Crippen molar-refractivity contribution in [1.82, 2.24) is 19.9 Å². The van der Waals surface area contributed by atoms with Crippen molar-refractivity contribution in [2.45, 2.75) is 12.6 Å². The van der Waals surface area contributed by atoms with Crippen LogP contribution in [-0.4, -0.2) is 36.6 Å². The third-order valence-electron chi connectivity index (χ3n) is 5.46. The molecule has 0 spiro atoms. The minimum atomic E-state index is -0.751. The van der Waals surface area contributed by atoms with Crippen LogP contribution in [0.25, 0.3) is 16.7 Å². The second-order valence-electron chi connectivity index (χ2n) is 7.28. The molecular weight excluding hydrogens is 392 g/mol. The molecule has 1 aliphatic rings. The van der Waals surface area contributed by atoms with E-state index in [1.54, 1.807) is 49.1 Å². The number of nitrogens with zero attached hydrogens (tertiary/aromatic N) is 3. The molecule has 1 amide bonds. The summed E-state index contributed by atoms with van der Waals surface area (Å²) in [7, 11) is 0. The Morgan fingerprint density at radius 1 is 1.00 bits per heavy atom. The van der Waals surface area contributed by atoms with Gasteiger partial charge in [-0.15, -0.1) is 0 Å². The van der Waals surface area contributed by atoms with Gasteiger partial charge in [0.15, 0.2) is 0 Å². The zero-order chi connectivity index (χ0) is 21.4. The number of hydrogen-bond acceptors (Lipinski definition) is 5. The van der Waals surface area contributed by atoms with Gasteiger partial charge in [-0.25, -0.2) is 0 Å². The zero-order valence-corrected chi connectivity index (χ0v) is 16.4. The zero-order valence-electron chi connectivity index (χ0n) is 16.4. The van der Waals surface area contributed by atoms with Gasteiger partial charge in [0.2, 0.25) is 0 Å². The average molecular weight is 410 g/mol. The standard InChI is InChI=1S/C24H18N4O3/c29-22(18-13-27-19-7-2-1-6-17(18)19)20-21(15-8-11-25-12-9-15)28(24(31)23(20)30)14-16-5-3-4-10-26-16/h1-13,21,27,29H,14H2/b22-20-. The number of pyridine rings is 2. The van der Waals surface area contributed by atoms with Crippen LogP contribution < -0.4 is 0 Å². The number of Topliss-reactive ketones (excluding diaryl/α,β-unsaturated/α-hetero) is 1. The SMILES string of the molecule is O=C1C(=O)N(Cc2ccccn2)C(c2ccncc2)/C1=C(/O)c1c[nH]c2ccccc12. The van der Waals surface area contributed by atoms with Crippen molar-refractivity contribution in [2.24, 2.45) is 0 Å². The summed E-state index contributed by atoms with van der Waals surface area (Å²) in [6.07, 6.45) is 6.49. The lowest BCUT2D eigenvalue weighted by Gasteiger charge is -2.24. The highest BCUT2D eigenvalue weighted by Gasteiger charge is 2.46. The molecule has 1 unspecified atom stereocenters. The molecule has 2 N–H and O–H groups in total. The fraction of sp³-hybridized carbons (Fsp3) is 0.0833. The molecule has 1 aromatic carbocycles. The van der Waals surface area contributed by atoms with Crippen LogP contribution >= 0.6 is 0 Å². The maximum absolute atomic E-state index is 13.1. The summed E-state index contributed by atoms with van der Waals surface area (Å²) in [5.41, 5.74) is 2.69. The summed E-state index contributed by atoms with van der Waals surface area (Å²) in [6, 6.07) is 15.6. The predicted octanol–water partition coefficient (Wildman–Crippen LogP) is 3.58. The Kier molecular flexibility index (Phi) is 4.55. The van der Waals surface area contributed by atoms with Gasteiger partial charge in [0.05, 0.1) is 23.9 Å². The highest BCUT2D eigenvalue weighted by molar-refractivity contribution is 6.46. The Morgan fingerprint density at radius 3 is 2.55 bits per heavy atom. The van der Waals surface area contributed by atoms with Gasteiger partial charge in [-0.3, -0.25) is 19.6 Å². The fourth-order valence-electron chi connectivity index (χ4n) is 4.01. The number of benzene rings is 1. The van der Waals surface area contributed by atoms with Crippen molar-refractivity contribution in [3.8, 4) is 0 Å². The number of nitrogens with one attached hydrogen (secondary N) is 1. The Hall–Kier alpha value is -4.26. The van der Waals surface area contributed by atoms with E-state index in [9.17, 15) is 14.7 Å². The molecule has 4 aromatic rings. The van der Waals surface area contributed by atoms with Gasteiger partial charge in [-0.1, -0.05) is 24.3 Å². The van der Waals surface area contributed by atoms with Gasteiger partial charge in [-0.05, 0) is 35.9 Å². The van der Waals surface area contributed by atoms with Crippen LogP contribution in [0.2, 0.25) is 0 Å². The largest absolute Gasteiger partial charge is 0.507 e. The van der Waals surface area contributed by atoms with Crippen LogP contribution in [0.15, 0.2) is 85.0 Å². The molecule has 1 atom stereocenters. The molecule has 7 heteroatoms. The molecule has 1 saturated heterocycles. The first kappa shape index (κ1) is 18.7. The third kappa shape index (κ3) is 3.16. The second-order valence-corrected chi connectivity index (χ2v) is 7.28. The number of fused-ring (bicyclic) bond motifs is 1. The van der Waals surface area contributed by atoms with Crippen LogP contribution in [0.4, 0.5) is 0 Å². The van der Waals surface area contributed by atoms with E-state index in [1.807, 2.05) is 30.3 Å². The first-order valence-corrected chi connectivity index (χ1v) is 9.80. The molecule has 31 heavy (non-hydrogen) atoms. The summed E-state index contributed by atoms with van der Waals surface area (Å²) in [5, 5.41) is 12.0. The number of para-hydroxylation sites is 1. The maximum atomic E-state index is 13.1. The molecule has 1 fully saturated rings. The van der Waals surface area contributed by atoms with Gasteiger partial charge < -0.3 is 15.0 Å². The number of amides is 1. The topological polar surface area (TPSA) is 99.2 Å². The van der Waals surface area contributed by atoms with E-state index in [2.05, 4.69) is 15.0 Å². The van der Waals surface area contributed by atoms with Gasteiger partial charge in [-0.2, -0.15) is 0 Å². The summed E-state index contributed by atoms with van der Waals surface area (Å²) in [6.45, 7) is 0.142. The first-order chi connectivity index (χ1) is 15.1. The Balaban J connectivity index is 1.68. The molecule has 5 rings (SSSR count). The Morgan fingerprint density at radius 2 is 1.77 bits per heavy atom. The number of ketones is 1. The van der Waals surface area contributed by atoms with Crippen molar-refractivity contribution in [2.75, 3.05) is 0 Å². The highest BCUT2D eigenvalue weighted by atomic mass is 16.3. The van der Waals surface area contributed by atoms with Crippen molar-refractivity contribution in [3.05, 3.63) is 102 Å². The maximum Gasteiger partial charge on any atom is 0.296 e. The molecule has 4 heterocycles. The van der Waals surface area contributed by atoms with E-state index in [1.165, 1.54) is 4.90 Å². The number of aliphatic hydroxyl groups excluding tert-OH is 1. The first-order valence-electron chi connectivity index (χ1n) is 9.80. The summed E-state index contributed by atoms with van der Waals surface area (Å²) in [4.78, 5) is 39.0. The summed E-state index contributed by atoms with van der Waals surface area (Å²) >= 11 is 0. The van der Waals surface area contributed by atoms with Crippen molar-refractivity contribution in [1.29, 1.82) is 0 Å². The van der Waals surface area contributed by atoms with E-state index in [0.717, 1.165) is 10.9 Å². The number of aromatic nitrogens is 3. The van der Waals surface area contributed by atoms with Crippen LogP contribution in [0.5, 0.6) is 0 Å². The van der Waals surface area contributed by atoms with Gasteiger partial charge >= 0.3 is 0 Å². The molecule has 0 saturated carbocycles. The van der Waals surface area contributed by atoms with Crippen LogP contribution in [0.1, 0.15) is 22.9 Å². The molecule has 152 valence electrons. The number of aromatic amines is 1. The van der Waals surface area contributed by atoms with Crippen molar-refractivity contribution < 1.29 is 14.7 Å². The van der Waals surface area contributed by atoms with E-state index in [0.29, 0.717) is 16.8 Å². The fourth-order valence-corrected chi connectivity index (χ4v) is 4.01. The van der Waals surface area contributed by atoms with Crippen molar-refractivity contribution >= 4 is 28.4 Å². The third-order valence-corrected chi connectivity index (χ3v) is 5.46.